The van der Waals surface area contributed by atoms with Crippen LogP contribution in [0.25, 0.3) is 0 Å². The minimum absolute atomic E-state index is 0.226. The quantitative estimate of drug-likeness (QED) is 0.705. The van der Waals surface area contributed by atoms with Gasteiger partial charge in [0.1, 0.15) is 0 Å². The second-order valence-electron chi connectivity index (χ2n) is 6.51. The molecule has 1 rings (SSSR count). The van der Waals surface area contributed by atoms with Crippen LogP contribution in [0.5, 0.6) is 0 Å². The van der Waals surface area contributed by atoms with Crippen molar-refractivity contribution in [2.45, 2.75) is 77.1 Å². The Balaban J connectivity index is 2.59. The van der Waals surface area contributed by atoms with Gasteiger partial charge in [-0.2, -0.15) is 5.06 Å². The van der Waals surface area contributed by atoms with E-state index < -0.39 is 0 Å². The highest BCUT2D eigenvalue weighted by Gasteiger charge is 2.44. The smallest absolute Gasteiger partial charge is 0.0662 e. The molecule has 0 aromatic carbocycles. The highest BCUT2D eigenvalue weighted by atomic mass is 16.5. The Hall–Kier alpha value is -0.160. The molecule has 1 aliphatic heterocycles. The summed E-state index contributed by atoms with van der Waals surface area (Å²) in [4.78, 5) is 0. The number of nitrogens with one attached hydrogen (secondary N) is 1. The largest absolute Gasteiger partial charge is 0.392 e. The van der Waals surface area contributed by atoms with Gasteiger partial charge in [-0.05, 0) is 47.0 Å². The van der Waals surface area contributed by atoms with Gasteiger partial charge >= 0.3 is 0 Å². The zero-order valence-electron chi connectivity index (χ0n) is 11.8. The monoisotopic (exact) mass is 244 g/mol. The molecular formula is C13H28N2O2. The molecule has 0 aliphatic carbocycles. The van der Waals surface area contributed by atoms with E-state index in [1.165, 1.54) is 5.06 Å². The van der Waals surface area contributed by atoms with Gasteiger partial charge in [0.05, 0.1) is 6.10 Å². The first-order valence-corrected chi connectivity index (χ1v) is 6.59. The molecule has 17 heavy (non-hydrogen) atoms. The van der Waals surface area contributed by atoms with Crippen molar-refractivity contribution in [2.24, 2.45) is 0 Å². The van der Waals surface area contributed by atoms with Gasteiger partial charge < -0.3 is 15.6 Å². The molecule has 0 aromatic heterocycles. The number of aliphatic hydroxyl groups is 1. The van der Waals surface area contributed by atoms with Crippen molar-refractivity contribution in [3.8, 4) is 0 Å². The first-order valence-electron chi connectivity index (χ1n) is 6.59. The zero-order chi connectivity index (χ0) is 13.3. The molecule has 0 bridgehead atoms. The molecule has 4 nitrogen and oxygen atoms in total. The van der Waals surface area contributed by atoms with Crippen molar-refractivity contribution < 1.29 is 10.3 Å². The lowest BCUT2D eigenvalue weighted by Crippen LogP contribution is -2.62. The number of hydrogen-bond acceptors (Lipinski definition) is 4. The van der Waals surface area contributed by atoms with E-state index in [1.807, 2.05) is 6.92 Å². The third-order valence-corrected chi connectivity index (χ3v) is 3.75. The van der Waals surface area contributed by atoms with Crippen molar-refractivity contribution >= 4 is 0 Å². The summed E-state index contributed by atoms with van der Waals surface area (Å²) in [7, 11) is 0. The van der Waals surface area contributed by atoms with Gasteiger partial charge in [-0.25, -0.2) is 0 Å². The van der Waals surface area contributed by atoms with Gasteiger partial charge in [0.15, 0.2) is 0 Å². The van der Waals surface area contributed by atoms with Crippen LogP contribution < -0.4 is 5.32 Å². The third kappa shape index (κ3) is 3.65. The van der Waals surface area contributed by atoms with Crippen LogP contribution >= 0.6 is 0 Å². The molecule has 0 amide bonds. The fraction of sp³-hybridized carbons (Fsp3) is 1.00. The minimum Gasteiger partial charge on any atom is -0.392 e. The predicted octanol–water partition coefficient (Wildman–Crippen LogP) is 1.76. The molecule has 1 saturated heterocycles. The Morgan fingerprint density at radius 2 is 1.71 bits per heavy atom. The topological polar surface area (TPSA) is 55.7 Å². The summed E-state index contributed by atoms with van der Waals surface area (Å²) in [6.45, 7) is 10.8. The first kappa shape index (κ1) is 14.9. The average Bonchev–Trinajstić information content (AvgIpc) is 2.21. The molecule has 0 radical (unpaired) electrons. The van der Waals surface area contributed by atoms with E-state index in [-0.39, 0.29) is 17.2 Å². The number of hydroxylamine groups is 2. The molecule has 102 valence electrons. The van der Waals surface area contributed by atoms with E-state index in [2.05, 4.69) is 33.0 Å². The Kier molecular flexibility index (Phi) is 4.58. The van der Waals surface area contributed by atoms with Crippen molar-refractivity contribution in [3.63, 3.8) is 0 Å². The molecule has 1 aliphatic rings. The number of nitrogens with zero attached hydrogens (tertiary/aromatic N) is 1. The summed E-state index contributed by atoms with van der Waals surface area (Å²) < 4.78 is 0. The van der Waals surface area contributed by atoms with E-state index in [9.17, 15) is 10.3 Å². The number of piperidine rings is 1. The number of aliphatic hydroxyl groups excluding tert-OH is 1. The zero-order valence-corrected chi connectivity index (χ0v) is 11.8. The van der Waals surface area contributed by atoms with Crippen LogP contribution in [0.15, 0.2) is 0 Å². The molecule has 1 heterocycles. The van der Waals surface area contributed by atoms with Gasteiger partial charge in [0, 0.05) is 23.7 Å². The Morgan fingerprint density at radius 3 is 2.12 bits per heavy atom. The summed E-state index contributed by atoms with van der Waals surface area (Å²) in [5.41, 5.74) is -0.451. The molecule has 3 N–H and O–H groups in total. The fourth-order valence-corrected chi connectivity index (χ4v) is 2.86. The molecule has 0 saturated carbocycles. The number of hydrogen-bond donors (Lipinski definition) is 3. The molecule has 1 fully saturated rings. The molecular weight excluding hydrogens is 216 g/mol. The van der Waals surface area contributed by atoms with Crippen LogP contribution in [0.4, 0.5) is 0 Å². The summed E-state index contributed by atoms with van der Waals surface area (Å²) in [6, 6.07) is 0.351. The summed E-state index contributed by atoms with van der Waals surface area (Å²) >= 11 is 0. The van der Waals surface area contributed by atoms with Crippen LogP contribution in [0, 0.1) is 0 Å². The van der Waals surface area contributed by atoms with Gasteiger partial charge in [-0.15, -0.1) is 0 Å². The normalized spacial score (nSPS) is 27.0. The minimum atomic E-state index is -0.270. The van der Waals surface area contributed by atoms with Crippen LogP contribution in [-0.2, 0) is 0 Å². The van der Waals surface area contributed by atoms with Crippen molar-refractivity contribution in [1.29, 1.82) is 0 Å². The molecule has 0 spiro atoms. The highest BCUT2D eigenvalue weighted by Crippen LogP contribution is 2.36. The second-order valence-corrected chi connectivity index (χ2v) is 6.51. The van der Waals surface area contributed by atoms with E-state index in [0.29, 0.717) is 12.6 Å². The maximum absolute atomic E-state index is 10.2. The maximum Gasteiger partial charge on any atom is 0.0662 e. The average molecular weight is 244 g/mol. The second kappa shape index (κ2) is 5.22. The molecule has 4 heteroatoms. The van der Waals surface area contributed by atoms with Crippen LogP contribution in [0.2, 0.25) is 0 Å². The van der Waals surface area contributed by atoms with E-state index >= 15 is 0 Å². The van der Waals surface area contributed by atoms with Crippen molar-refractivity contribution in [3.05, 3.63) is 0 Å². The van der Waals surface area contributed by atoms with Crippen LogP contribution in [0.1, 0.15) is 53.9 Å². The molecule has 0 aromatic rings. The van der Waals surface area contributed by atoms with E-state index in [4.69, 9.17) is 0 Å². The van der Waals surface area contributed by atoms with Crippen LogP contribution in [-0.4, -0.2) is 45.1 Å². The fourth-order valence-electron chi connectivity index (χ4n) is 2.86. The molecule has 1 unspecified atom stereocenters. The summed E-state index contributed by atoms with van der Waals surface area (Å²) in [5, 5.41) is 24.6. The third-order valence-electron chi connectivity index (χ3n) is 3.75. The summed E-state index contributed by atoms with van der Waals surface area (Å²) in [6.07, 6.45) is 2.29. The van der Waals surface area contributed by atoms with Crippen LogP contribution in [0.3, 0.4) is 0 Å². The number of rotatable bonds is 4. The lowest BCUT2D eigenvalue weighted by Gasteiger charge is -2.51. The van der Waals surface area contributed by atoms with Crippen molar-refractivity contribution in [2.75, 3.05) is 6.54 Å². The SMILES string of the molecule is CCC(O)CNC1CC(C)(C)N(O)C(C)(C)C1. The predicted molar refractivity (Wildman–Crippen MR) is 69.1 cm³/mol. The standard InChI is InChI=1S/C13H28N2O2/c1-6-11(16)9-14-10-7-12(2,3)15(17)13(4,5)8-10/h10-11,14,16-17H,6-9H2,1-5H3. The van der Waals surface area contributed by atoms with Crippen molar-refractivity contribution in [1.82, 2.24) is 10.4 Å². The Morgan fingerprint density at radius 1 is 1.24 bits per heavy atom. The van der Waals surface area contributed by atoms with Gasteiger partial charge in [-0.1, -0.05) is 6.92 Å². The summed E-state index contributed by atoms with van der Waals surface area (Å²) in [5.74, 6) is 0. The van der Waals surface area contributed by atoms with Gasteiger partial charge in [-0.3, -0.25) is 0 Å². The lowest BCUT2D eigenvalue weighted by atomic mass is 9.79. The molecule has 1 atom stereocenters. The Labute approximate surface area is 105 Å². The highest BCUT2D eigenvalue weighted by molar-refractivity contribution is 4.98. The first-order chi connectivity index (χ1) is 7.69. The Bertz CT molecular complexity index is 236. The maximum atomic E-state index is 10.2. The van der Waals surface area contributed by atoms with E-state index in [0.717, 1.165) is 19.3 Å². The van der Waals surface area contributed by atoms with Gasteiger partial charge in [0.25, 0.3) is 0 Å². The van der Waals surface area contributed by atoms with Gasteiger partial charge in [0.2, 0.25) is 0 Å². The van der Waals surface area contributed by atoms with E-state index in [1.54, 1.807) is 0 Å². The lowest BCUT2D eigenvalue weighted by molar-refractivity contribution is -0.246.